The molecule has 6 nitrogen and oxygen atoms in total. The van der Waals surface area contributed by atoms with E-state index in [9.17, 15) is 0 Å². The first-order valence-corrected chi connectivity index (χ1v) is 8.36. The van der Waals surface area contributed by atoms with Crippen molar-refractivity contribution in [2.75, 3.05) is 17.7 Å². The zero-order valence-corrected chi connectivity index (χ0v) is 14.1. The van der Waals surface area contributed by atoms with Crippen LogP contribution < -0.4 is 15.4 Å². The van der Waals surface area contributed by atoms with Gasteiger partial charge in [-0.3, -0.25) is 0 Å². The summed E-state index contributed by atoms with van der Waals surface area (Å²) >= 11 is 1.55. The highest BCUT2D eigenvalue weighted by atomic mass is 32.1. The van der Waals surface area contributed by atoms with Gasteiger partial charge in [-0.25, -0.2) is 4.98 Å². The smallest absolute Gasteiger partial charge is 0.299 e. The van der Waals surface area contributed by atoms with Crippen LogP contribution in [0.3, 0.4) is 0 Å². The monoisotopic (exact) mass is 330 g/mol. The number of benzene rings is 1. The Labute approximate surface area is 137 Å². The summed E-state index contributed by atoms with van der Waals surface area (Å²) in [5.74, 6) is 0.773. The molecule has 4 rings (SSSR count). The number of anilines is 2. The number of hydrogen-bond donors (Lipinski definition) is 1. The third-order valence-electron chi connectivity index (χ3n) is 4.31. The second-order valence-electron chi connectivity index (χ2n) is 5.83. The normalized spacial score (nSPS) is 20.7. The first-order valence-electron chi connectivity index (χ1n) is 7.55. The minimum atomic E-state index is 0.138. The van der Waals surface area contributed by atoms with E-state index in [0.29, 0.717) is 11.1 Å². The zero-order chi connectivity index (χ0) is 16.1. The predicted molar refractivity (Wildman–Crippen MR) is 91.1 cm³/mol. The minimum Gasteiger partial charge on any atom is -0.497 e. The maximum Gasteiger partial charge on any atom is 0.299 e. The number of fused-ring (bicyclic) bond motifs is 2. The van der Waals surface area contributed by atoms with Gasteiger partial charge in [0, 0.05) is 18.5 Å². The van der Waals surface area contributed by atoms with Crippen molar-refractivity contribution in [2.45, 2.75) is 32.4 Å². The second kappa shape index (κ2) is 5.13. The van der Waals surface area contributed by atoms with Crippen molar-refractivity contribution in [3.8, 4) is 5.75 Å². The SMILES string of the molecule is COc1ccc2oc(N3[C@H](C)Cc4nc(N)sc4[C@@H]3C)nc2c1. The average Bonchev–Trinajstić information content (AvgIpc) is 3.09. The van der Waals surface area contributed by atoms with E-state index in [1.165, 1.54) is 4.88 Å². The molecule has 1 aromatic carbocycles. The van der Waals surface area contributed by atoms with Crippen LogP contribution in [0, 0.1) is 0 Å². The highest BCUT2D eigenvalue weighted by molar-refractivity contribution is 7.15. The summed E-state index contributed by atoms with van der Waals surface area (Å²) in [6.07, 6.45) is 0.843. The van der Waals surface area contributed by atoms with Crippen LogP contribution in [0.15, 0.2) is 22.6 Å². The van der Waals surface area contributed by atoms with Crippen LogP contribution in [0.5, 0.6) is 5.75 Å². The fraction of sp³-hybridized carbons (Fsp3) is 0.375. The van der Waals surface area contributed by atoms with Gasteiger partial charge in [0.25, 0.3) is 6.01 Å². The first kappa shape index (κ1) is 14.3. The third kappa shape index (κ3) is 2.23. The summed E-state index contributed by atoms with van der Waals surface area (Å²) in [5.41, 5.74) is 8.54. The van der Waals surface area contributed by atoms with Gasteiger partial charge >= 0.3 is 0 Å². The van der Waals surface area contributed by atoms with E-state index in [-0.39, 0.29) is 12.1 Å². The van der Waals surface area contributed by atoms with Crippen molar-refractivity contribution in [2.24, 2.45) is 0 Å². The molecule has 2 aromatic heterocycles. The molecule has 0 fully saturated rings. The Morgan fingerprint density at radius 2 is 2.17 bits per heavy atom. The molecule has 0 spiro atoms. The lowest BCUT2D eigenvalue weighted by molar-refractivity contribution is 0.415. The topological polar surface area (TPSA) is 77.4 Å². The molecular formula is C16H18N4O2S. The van der Waals surface area contributed by atoms with Gasteiger partial charge in [-0.05, 0) is 26.0 Å². The number of thiazole rings is 1. The first-order chi connectivity index (χ1) is 11.1. The zero-order valence-electron chi connectivity index (χ0n) is 13.2. The van der Waals surface area contributed by atoms with E-state index in [1.54, 1.807) is 18.4 Å². The number of nitrogen functional groups attached to an aromatic ring is 1. The van der Waals surface area contributed by atoms with E-state index >= 15 is 0 Å². The summed E-state index contributed by atoms with van der Waals surface area (Å²) in [6.45, 7) is 4.30. The summed E-state index contributed by atoms with van der Waals surface area (Å²) < 4.78 is 11.2. The second-order valence-corrected chi connectivity index (χ2v) is 6.89. The maximum atomic E-state index is 5.98. The van der Waals surface area contributed by atoms with E-state index in [1.807, 2.05) is 18.2 Å². The van der Waals surface area contributed by atoms with Gasteiger partial charge in [0.2, 0.25) is 0 Å². The highest BCUT2D eigenvalue weighted by Crippen LogP contribution is 2.40. The molecule has 120 valence electrons. The molecule has 23 heavy (non-hydrogen) atoms. The number of rotatable bonds is 2. The van der Waals surface area contributed by atoms with Crippen LogP contribution in [0.1, 0.15) is 30.5 Å². The summed E-state index contributed by atoms with van der Waals surface area (Å²) in [5, 5.41) is 0.623. The van der Waals surface area contributed by atoms with Crippen molar-refractivity contribution in [3.05, 3.63) is 28.8 Å². The lowest BCUT2D eigenvalue weighted by Gasteiger charge is -2.36. The molecule has 2 N–H and O–H groups in total. The summed E-state index contributed by atoms with van der Waals surface area (Å²) in [6, 6.07) is 6.67. The minimum absolute atomic E-state index is 0.138. The van der Waals surface area contributed by atoms with Crippen LogP contribution in [0.4, 0.5) is 11.1 Å². The van der Waals surface area contributed by atoms with Crippen LogP contribution in [-0.2, 0) is 6.42 Å². The van der Waals surface area contributed by atoms with Gasteiger partial charge < -0.3 is 19.8 Å². The number of ether oxygens (including phenoxy) is 1. The molecule has 0 unspecified atom stereocenters. The summed E-state index contributed by atoms with van der Waals surface area (Å²) in [7, 11) is 1.65. The van der Waals surface area contributed by atoms with Crippen molar-refractivity contribution >= 4 is 33.6 Å². The largest absolute Gasteiger partial charge is 0.497 e. The van der Waals surface area contributed by atoms with Gasteiger partial charge in [0.1, 0.15) is 11.3 Å². The van der Waals surface area contributed by atoms with Gasteiger partial charge in [-0.15, -0.1) is 0 Å². The Bertz CT molecular complexity index is 872. The fourth-order valence-corrected chi connectivity index (χ4v) is 4.14. The number of aromatic nitrogens is 2. The standard InChI is InChI=1S/C16H18N4O2S/c1-8-6-12-14(23-15(17)18-12)9(2)20(8)16-19-11-7-10(21-3)4-5-13(11)22-16/h4-5,7-9H,6H2,1-3H3,(H2,17,18)/t8-,9+/m1/s1. The molecule has 3 heterocycles. The fourth-order valence-electron chi connectivity index (χ4n) is 3.23. The molecular weight excluding hydrogens is 312 g/mol. The van der Waals surface area contributed by atoms with Crippen LogP contribution in [0.25, 0.3) is 11.1 Å². The number of nitrogens with two attached hydrogens (primary N) is 1. The third-order valence-corrected chi connectivity index (χ3v) is 5.41. The number of nitrogens with zero attached hydrogens (tertiary/aromatic N) is 3. The van der Waals surface area contributed by atoms with Crippen LogP contribution >= 0.6 is 11.3 Å². The number of methoxy groups -OCH3 is 1. The van der Waals surface area contributed by atoms with E-state index in [0.717, 1.165) is 29.0 Å². The van der Waals surface area contributed by atoms with Gasteiger partial charge in [-0.1, -0.05) is 11.3 Å². The number of oxazole rings is 1. The highest BCUT2D eigenvalue weighted by Gasteiger charge is 2.34. The van der Waals surface area contributed by atoms with Crippen molar-refractivity contribution < 1.29 is 9.15 Å². The van der Waals surface area contributed by atoms with E-state index < -0.39 is 0 Å². The quantitative estimate of drug-likeness (QED) is 0.776. The summed E-state index contributed by atoms with van der Waals surface area (Å²) in [4.78, 5) is 12.5. The molecule has 1 aliphatic rings. The molecule has 0 saturated carbocycles. The average molecular weight is 330 g/mol. The van der Waals surface area contributed by atoms with E-state index in [4.69, 9.17) is 14.9 Å². The molecule has 0 aliphatic carbocycles. The Morgan fingerprint density at radius 1 is 1.35 bits per heavy atom. The molecule has 1 aliphatic heterocycles. The molecule has 7 heteroatoms. The van der Waals surface area contributed by atoms with E-state index in [2.05, 4.69) is 28.7 Å². The van der Waals surface area contributed by atoms with Gasteiger partial charge in [-0.2, -0.15) is 4.98 Å². The Morgan fingerprint density at radius 3 is 2.96 bits per heavy atom. The van der Waals surface area contributed by atoms with Crippen LogP contribution in [0.2, 0.25) is 0 Å². The molecule has 2 atom stereocenters. The van der Waals surface area contributed by atoms with Crippen molar-refractivity contribution in [1.29, 1.82) is 0 Å². The molecule has 0 radical (unpaired) electrons. The lowest BCUT2D eigenvalue weighted by Crippen LogP contribution is -2.40. The molecule has 0 bridgehead atoms. The van der Waals surface area contributed by atoms with Gasteiger partial charge in [0.05, 0.1) is 23.7 Å². The van der Waals surface area contributed by atoms with Crippen LogP contribution in [-0.4, -0.2) is 23.1 Å². The Hall–Kier alpha value is -2.28. The predicted octanol–water partition coefficient (Wildman–Crippen LogP) is 3.39. The Kier molecular flexibility index (Phi) is 3.19. The van der Waals surface area contributed by atoms with Crippen molar-refractivity contribution in [3.63, 3.8) is 0 Å². The number of hydrogen-bond acceptors (Lipinski definition) is 7. The van der Waals surface area contributed by atoms with Crippen molar-refractivity contribution in [1.82, 2.24) is 9.97 Å². The maximum absolute atomic E-state index is 5.98. The lowest BCUT2D eigenvalue weighted by atomic mass is 10.0. The Balaban J connectivity index is 1.77. The molecule has 3 aromatic rings. The molecule has 0 saturated heterocycles. The molecule has 0 amide bonds. The van der Waals surface area contributed by atoms with Gasteiger partial charge in [0.15, 0.2) is 10.7 Å².